The predicted molar refractivity (Wildman–Crippen MR) is 187 cm³/mol. The number of nitrogens with zero attached hydrogens (tertiary/aromatic N) is 5. The highest BCUT2D eigenvalue weighted by molar-refractivity contribution is 7.67. The minimum Gasteiger partial charge on any atom is -0.494 e. The van der Waals surface area contributed by atoms with E-state index < -0.39 is 5.60 Å². The summed E-state index contributed by atoms with van der Waals surface area (Å²) in [6.07, 6.45) is 1.52. The van der Waals surface area contributed by atoms with Gasteiger partial charge in [-0.25, -0.2) is 14.0 Å². The number of anilines is 6. The van der Waals surface area contributed by atoms with Gasteiger partial charge in [0, 0.05) is 51.5 Å². The number of carbonyl (C=O) groups is 1. The smallest absolute Gasteiger partial charge is 0.332 e. The van der Waals surface area contributed by atoms with E-state index in [4.69, 9.17) is 30.5 Å². The van der Waals surface area contributed by atoms with Crippen molar-refractivity contribution in [3.63, 3.8) is 0 Å². The molecule has 2 N–H and O–H groups in total. The maximum absolute atomic E-state index is 11.7. The van der Waals surface area contributed by atoms with Crippen molar-refractivity contribution in [2.45, 2.75) is 26.4 Å². The van der Waals surface area contributed by atoms with Gasteiger partial charge in [-0.15, -0.1) is 0 Å². The number of nitrogens with one attached hydrogen (secondary N) is 2. The van der Waals surface area contributed by atoms with E-state index in [9.17, 15) is 9.00 Å². The SMILES string of the molecule is COc1cc(N2CCN(CCOCCOCC(=O)OC(C)(C)C)CC2)ccc1Nc1ncc(Cl)c(Nc2ccccc2N(C)[SH]=O)n1. The van der Waals surface area contributed by atoms with Crippen LogP contribution in [0, 0.1) is 0 Å². The Balaban J connectivity index is 1.25. The molecule has 2 heterocycles. The van der Waals surface area contributed by atoms with Crippen molar-refractivity contribution in [2.24, 2.45) is 0 Å². The van der Waals surface area contributed by atoms with Gasteiger partial charge in [-0.3, -0.25) is 9.21 Å². The second-order valence-electron chi connectivity index (χ2n) is 11.7. The van der Waals surface area contributed by atoms with E-state index in [1.54, 1.807) is 18.5 Å². The molecule has 1 fully saturated rings. The molecule has 1 aliphatic heterocycles. The van der Waals surface area contributed by atoms with E-state index in [1.807, 2.05) is 63.2 Å². The summed E-state index contributed by atoms with van der Waals surface area (Å²) in [5.41, 5.74) is 2.67. The van der Waals surface area contributed by atoms with E-state index in [0.717, 1.165) is 44.1 Å². The quantitative estimate of drug-likeness (QED) is 0.112. The molecule has 0 saturated carbocycles. The number of benzene rings is 2. The summed E-state index contributed by atoms with van der Waals surface area (Å²) in [6.45, 7) is 11.1. The van der Waals surface area contributed by atoms with Crippen LogP contribution in [0.25, 0.3) is 0 Å². The molecule has 0 spiro atoms. The van der Waals surface area contributed by atoms with Gasteiger partial charge in [-0.05, 0) is 45.0 Å². The van der Waals surface area contributed by atoms with Gasteiger partial charge in [0.25, 0.3) is 0 Å². The number of thiol groups is 1. The Labute approximate surface area is 285 Å². The van der Waals surface area contributed by atoms with Crippen LogP contribution in [-0.2, 0) is 30.9 Å². The Kier molecular flexibility index (Phi) is 13.4. The number of methoxy groups -OCH3 is 1. The lowest BCUT2D eigenvalue weighted by Gasteiger charge is -2.36. The van der Waals surface area contributed by atoms with Crippen molar-refractivity contribution in [3.05, 3.63) is 53.7 Å². The Morgan fingerprint density at radius 2 is 1.77 bits per heavy atom. The Bertz CT molecular complexity index is 1490. The number of esters is 1. The van der Waals surface area contributed by atoms with Gasteiger partial charge >= 0.3 is 5.97 Å². The van der Waals surface area contributed by atoms with Gasteiger partial charge in [-0.2, -0.15) is 4.98 Å². The summed E-state index contributed by atoms with van der Waals surface area (Å²) in [4.78, 5) is 25.3. The zero-order valence-corrected chi connectivity index (χ0v) is 29.1. The number of hydrogen-bond donors (Lipinski definition) is 3. The number of para-hydroxylation sites is 2. The Morgan fingerprint density at radius 1 is 1.02 bits per heavy atom. The fraction of sp³-hybridized carbons (Fsp3) is 0.469. The summed E-state index contributed by atoms with van der Waals surface area (Å²) in [7, 11) is 3.34. The highest BCUT2D eigenvalue weighted by atomic mass is 35.5. The summed E-state index contributed by atoms with van der Waals surface area (Å²) >= 11 is 6.28. The first-order valence-corrected chi connectivity index (χ1v) is 16.5. The lowest BCUT2D eigenvalue weighted by molar-refractivity contribution is -0.160. The van der Waals surface area contributed by atoms with Crippen LogP contribution in [0.2, 0.25) is 5.02 Å². The molecule has 0 amide bonds. The second-order valence-corrected chi connectivity index (χ2v) is 12.9. The van der Waals surface area contributed by atoms with Crippen LogP contribution in [0.15, 0.2) is 48.7 Å². The highest BCUT2D eigenvalue weighted by Crippen LogP contribution is 2.34. The second kappa shape index (κ2) is 17.5. The monoisotopic (exact) mass is 689 g/mol. The van der Waals surface area contributed by atoms with Crippen molar-refractivity contribution in [1.82, 2.24) is 14.9 Å². The third kappa shape index (κ3) is 11.2. The molecule has 4 rings (SSSR count). The van der Waals surface area contributed by atoms with Crippen LogP contribution in [0.3, 0.4) is 0 Å². The van der Waals surface area contributed by atoms with E-state index >= 15 is 0 Å². The number of ether oxygens (including phenoxy) is 4. The van der Waals surface area contributed by atoms with Crippen molar-refractivity contribution in [1.29, 1.82) is 0 Å². The van der Waals surface area contributed by atoms with Crippen LogP contribution in [0.1, 0.15) is 20.8 Å². The zero-order chi connectivity index (χ0) is 33.8. The molecular formula is C32H44ClN7O6S. The molecule has 0 aliphatic carbocycles. The standard InChI is InChI=1S/C32H44ClN7O6S/c1-32(2,3)46-29(41)22-45-19-18-44-17-16-39-12-14-40(15-13-39)23-10-11-26(28(20-23)43-5)36-31-34-21-24(33)30(37-31)35-25-8-6-7-9-27(25)38(4)47-42/h6-11,20-21,47H,12-19,22H2,1-5H3,(H2,34,35,36,37). The van der Waals surface area contributed by atoms with Gasteiger partial charge in [0.15, 0.2) is 5.82 Å². The molecule has 256 valence electrons. The van der Waals surface area contributed by atoms with Crippen molar-refractivity contribution >= 4 is 63.9 Å². The molecule has 0 atom stereocenters. The average molecular weight is 690 g/mol. The molecule has 15 heteroatoms. The van der Waals surface area contributed by atoms with Gasteiger partial charge in [0.1, 0.15) is 34.8 Å². The summed E-state index contributed by atoms with van der Waals surface area (Å²) in [5, 5.41) is 6.80. The molecule has 3 aromatic rings. The minimum absolute atomic E-state index is 0.0731. The first-order valence-electron chi connectivity index (χ1n) is 15.3. The number of hydrogen-bond acceptors (Lipinski definition) is 12. The molecule has 0 unspecified atom stereocenters. The first kappa shape index (κ1) is 36.2. The van der Waals surface area contributed by atoms with Crippen molar-refractivity contribution < 1.29 is 28.0 Å². The molecule has 0 radical (unpaired) electrons. The molecule has 1 saturated heterocycles. The van der Waals surface area contributed by atoms with Crippen LogP contribution in [-0.4, -0.2) is 104 Å². The maximum atomic E-state index is 11.7. The lowest BCUT2D eigenvalue weighted by Crippen LogP contribution is -2.47. The molecule has 13 nitrogen and oxygen atoms in total. The fourth-order valence-electron chi connectivity index (χ4n) is 4.82. The van der Waals surface area contributed by atoms with Crippen LogP contribution in [0.5, 0.6) is 5.75 Å². The maximum Gasteiger partial charge on any atom is 0.332 e. The van der Waals surface area contributed by atoms with Gasteiger partial charge in [0.2, 0.25) is 5.95 Å². The average Bonchev–Trinajstić information content (AvgIpc) is 3.05. The summed E-state index contributed by atoms with van der Waals surface area (Å²) < 4.78 is 35.0. The number of carbonyl (C=O) groups excluding carboxylic acids is 1. The predicted octanol–water partition coefficient (Wildman–Crippen LogP) is 4.42. The molecule has 2 aromatic carbocycles. The molecule has 1 aromatic heterocycles. The third-order valence-corrected chi connectivity index (χ3v) is 7.84. The normalized spacial score (nSPS) is 13.7. The summed E-state index contributed by atoms with van der Waals surface area (Å²) in [6, 6.07) is 13.4. The van der Waals surface area contributed by atoms with Crippen LogP contribution < -0.4 is 24.6 Å². The van der Waals surface area contributed by atoms with Gasteiger partial charge in [0.05, 0.1) is 50.2 Å². The Morgan fingerprint density at radius 3 is 2.49 bits per heavy atom. The van der Waals surface area contributed by atoms with E-state index in [0.29, 0.717) is 53.7 Å². The number of aromatic nitrogens is 2. The van der Waals surface area contributed by atoms with Crippen molar-refractivity contribution in [3.8, 4) is 5.75 Å². The van der Waals surface area contributed by atoms with Crippen molar-refractivity contribution in [2.75, 3.05) is 93.1 Å². The molecule has 0 bridgehead atoms. The molecule has 47 heavy (non-hydrogen) atoms. The van der Waals surface area contributed by atoms with Crippen LogP contribution >= 0.6 is 11.6 Å². The number of rotatable bonds is 16. The third-order valence-electron chi connectivity index (χ3n) is 7.11. The lowest BCUT2D eigenvalue weighted by atomic mass is 10.2. The van der Waals surface area contributed by atoms with E-state index in [2.05, 4.69) is 30.4 Å². The summed E-state index contributed by atoms with van der Waals surface area (Å²) in [5.74, 6) is 1.02. The number of piperazine rings is 1. The molecule has 1 aliphatic rings. The van der Waals surface area contributed by atoms with E-state index in [-0.39, 0.29) is 24.4 Å². The fourth-order valence-corrected chi connectivity index (χ4v) is 5.22. The number of halogens is 1. The topological polar surface area (TPSA) is 131 Å². The highest BCUT2D eigenvalue weighted by Gasteiger charge is 2.19. The van der Waals surface area contributed by atoms with Gasteiger partial charge < -0.3 is 34.5 Å². The van der Waals surface area contributed by atoms with E-state index in [1.165, 1.54) is 6.20 Å². The molecular weight excluding hydrogens is 646 g/mol. The first-order chi connectivity index (χ1) is 22.6. The zero-order valence-electron chi connectivity index (χ0n) is 27.5. The minimum atomic E-state index is -0.516. The van der Waals surface area contributed by atoms with Gasteiger partial charge in [-0.1, -0.05) is 23.7 Å². The largest absolute Gasteiger partial charge is 0.494 e. The van der Waals surface area contributed by atoms with Crippen LogP contribution in [0.4, 0.5) is 34.5 Å². The Hall–Kier alpha value is -3.69.